The molecule has 5 nitrogen and oxygen atoms in total. The van der Waals surface area contributed by atoms with Crippen molar-refractivity contribution in [2.24, 2.45) is 5.73 Å². The summed E-state index contributed by atoms with van der Waals surface area (Å²) >= 11 is 0. The van der Waals surface area contributed by atoms with Crippen molar-refractivity contribution in [2.45, 2.75) is 32.2 Å². The van der Waals surface area contributed by atoms with Crippen LogP contribution in [0.2, 0.25) is 0 Å². The van der Waals surface area contributed by atoms with E-state index in [4.69, 9.17) is 15.2 Å². The van der Waals surface area contributed by atoms with E-state index in [2.05, 4.69) is 9.97 Å². The predicted octanol–water partition coefficient (Wildman–Crippen LogP) is 2.00. The molecule has 0 fully saturated rings. The van der Waals surface area contributed by atoms with Crippen LogP contribution in [-0.4, -0.2) is 29.2 Å². The second kappa shape index (κ2) is 5.09. The molecule has 0 saturated heterocycles. The van der Waals surface area contributed by atoms with E-state index in [1.54, 1.807) is 0 Å². The number of imidazole rings is 1. The van der Waals surface area contributed by atoms with Crippen LogP contribution in [0.3, 0.4) is 0 Å². The van der Waals surface area contributed by atoms with Crippen molar-refractivity contribution in [3.63, 3.8) is 0 Å². The fourth-order valence-electron chi connectivity index (χ4n) is 2.31. The highest BCUT2D eigenvalue weighted by molar-refractivity contribution is 5.79. The van der Waals surface area contributed by atoms with Crippen molar-refractivity contribution in [1.82, 2.24) is 9.97 Å². The average molecular weight is 261 g/mol. The number of H-pyrrole nitrogens is 1. The van der Waals surface area contributed by atoms with Crippen LogP contribution in [0.4, 0.5) is 0 Å². The molecule has 3 N–H and O–H groups in total. The monoisotopic (exact) mass is 261 g/mol. The molecule has 0 spiro atoms. The lowest BCUT2D eigenvalue weighted by molar-refractivity contribution is 0.172. The lowest BCUT2D eigenvalue weighted by Crippen LogP contribution is -2.15. The minimum Gasteiger partial charge on any atom is -0.486 e. The van der Waals surface area contributed by atoms with Crippen LogP contribution in [-0.2, 0) is 6.42 Å². The van der Waals surface area contributed by atoms with Gasteiger partial charge in [-0.25, -0.2) is 4.98 Å². The van der Waals surface area contributed by atoms with Crippen LogP contribution in [0.15, 0.2) is 12.1 Å². The van der Waals surface area contributed by atoms with Crippen molar-refractivity contribution in [1.29, 1.82) is 0 Å². The largest absolute Gasteiger partial charge is 0.486 e. The van der Waals surface area contributed by atoms with Gasteiger partial charge in [0.1, 0.15) is 19.0 Å². The van der Waals surface area contributed by atoms with E-state index in [0.29, 0.717) is 13.2 Å². The summed E-state index contributed by atoms with van der Waals surface area (Å²) in [5.41, 5.74) is 7.68. The van der Waals surface area contributed by atoms with E-state index < -0.39 is 0 Å². The van der Waals surface area contributed by atoms with Crippen molar-refractivity contribution in [2.75, 3.05) is 13.2 Å². The standard InChI is InChI=1S/C14H19N3O2/c1-9(15)3-2-4-14-16-10-7-12-13(8-11(10)17-14)19-6-5-18-12/h7-9H,2-6,15H2,1H3,(H,16,17). The van der Waals surface area contributed by atoms with Crippen molar-refractivity contribution in [3.8, 4) is 11.5 Å². The van der Waals surface area contributed by atoms with E-state index in [0.717, 1.165) is 47.6 Å². The fraction of sp³-hybridized carbons (Fsp3) is 0.500. The maximum Gasteiger partial charge on any atom is 0.163 e. The minimum atomic E-state index is 0.249. The molecule has 2 heterocycles. The molecule has 0 bridgehead atoms. The highest BCUT2D eigenvalue weighted by Gasteiger charge is 2.14. The van der Waals surface area contributed by atoms with Gasteiger partial charge in [0.25, 0.3) is 0 Å². The first-order valence-corrected chi connectivity index (χ1v) is 6.76. The topological polar surface area (TPSA) is 73.2 Å². The first kappa shape index (κ1) is 12.3. The zero-order chi connectivity index (χ0) is 13.2. The number of aryl methyl sites for hydroxylation is 1. The van der Waals surface area contributed by atoms with Crippen LogP contribution in [0, 0.1) is 0 Å². The van der Waals surface area contributed by atoms with Crippen LogP contribution in [0.1, 0.15) is 25.6 Å². The van der Waals surface area contributed by atoms with E-state index in [9.17, 15) is 0 Å². The Bertz CT molecular complexity index is 534. The molecule has 1 aliphatic rings. The lowest BCUT2D eigenvalue weighted by Gasteiger charge is -2.17. The molecular weight excluding hydrogens is 242 g/mol. The predicted molar refractivity (Wildman–Crippen MR) is 73.7 cm³/mol. The zero-order valence-electron chi connectivity index (χ0n) is 11.1. The molecule has 102 valence electrons. The van der Waals surface area contributed by atoms with Gasteiger partial charge in [-0.3, -0.25) is 0 Å². The van der Waals surface area contributed by atoms with Crippen LogP contribution in [0.25, 0.3) is 11.0 Å². The second-order valence-corrected chi connectivity index (χ2v) is 5.07. The van der Waals surface area contributed by atoms with Gasteiger partial charge in [-0.2, -0.15) is 0 Å². The maximum atomic E-state index is 5.75. The van der Waals surface area contributed by atoms with Crippen molar-refractivity contribution >= 4 is 11.0 Å². The zero-order valence-corrected chi connectivity index (χ0v) is 11.1. The van der Waals surface area contributed by atoms with Crippen LogP contribution in [0.5, 0.6) is 11.5 Å². The summed E-state index contributed by atoms with van der Waals surface area (Å²) < 4.78 is 11.1. The maximum absolute atomic E-state index is 5.75. The Morgan fingerprint density at radius 1 is 1.32 bits per heavy atom. The molecule has 0 radical (unpaired) electrons. The number of nitrogens with two attached hydrogens (primary N) is 1. The number of aromatic nitrogens is 2. The summed E-state index contributed by atoms with van der Waals surface area (Å²) in [6.07, 6.45) is 2.98. The number of nitrogens with one attached hydrogen (secondary N) is 1. The number of nitrogens with zero attached hydrogens (tertiary/aromatic N) is 1. The molecule has 1 atom stereocenters. The number of aromatic amines is 1. The normalized spacial score (nSPS) is 15.7. The average Bonchev–Trinajstić information content (AvgIpc) is 2.77. The molecular formula is C14H19N3O2. The van der Waals surface area contributed by atoms with Gasteiger partial charge in [0.05, 0.1) is 11.0 Å². The number of hydrogen-bond acceptors (Lipinski definition) is 4. The summed E-state index contributed by atoms with van der Waals surface area (Å²) in [4.78, 5) is 7.92. The molecule has 5 heteroatoms. The third-order valence-electron chi connectivity index (χ3n) is 3.27. The van der Waals surface area contributed by atoms with Crippen LogP contribution < -0.4 is 15.2 Å². The first-order valence-electron chi connectivity index (χ1n) is 6.76. The van der Waals surface area contributed by atoms with Gasteiger partial charge in [0.15, 0.2) is 11.5 Å². The van der Waals surface area contributed by atoms with E-state index in [-0.39, 0.29) is 6.04 Å². The van der Waals surface area contributed by atoms with Gasteiger partial charge in [-0.05, 0) is 19.8 Å². The second-order valence-electron chi connectivity index (χ2n) is 5.07. The highest BCUT2D eigenvalue weighted by atomic mass is 16.6. The van der Waals surface area contributed by atoms with E-state index in [1.807, 2.05) is 19.1 Å². The molecule has 3 rings (SSSR count). The van der Waals surface area contributed by atoms with E-state index >= 15 is 0 Å². The SMILES string of the molecule is CC(N)CCCc1nc2cc3c(cc2[nH]1)OCCO3. The molecule has 1 aliphatic heterocycles. The molecule has 1 aromatic carbocycles. The summed E-state index contributed by atoms with van der Waals surface area (Å²) in [7, 11) is 0. The van der Waals surface area contributed by atoms with Crippen molar-refractivity contribution < 1.29 is 9.47 Å². The van der Waals surface area contributed by atoms with Gasteiger partial charge in [0.2, 0.25) is 0 Å². The van der Waals surface area contributed by atoms with Gasteiger partial charge in [-0.1, -0.05) is 0 Å². The van der Waals surface area contributed by atoms with Gasteiger partial charge >= 0.3 is 0 Å². The third-order valence-corrected chi connectivity index (χ3v) is 3.27. The number of fused-ring (bicyclic) bond motifs is 2. The molecule has 2 aromatic rings. The fourth-order valence-corrected chi connectivity index (χ4v) is 2.31. The van der Waals surface area contributed by atoms with Crippen LogP contribution >= 0.6 is 0 Å². The van der Waals surface area contributed by atoms with Gasteiger partial charge < -0.3 is 20.2 Å². The molecule has 0 amide bonds. The quantitative estimate of drug-likeness (QED) is 0.883. The number of benzene rings is 1. The minimum absolute atomic E-state index is 0.249. The lowest BCUT2D eigenvalue weighted by atomic mass is 10.1. The van der Waals surface area contributed by atoms with E-state index in [1.165, 1.54) is 0 Å². The Kier molecular flexibility index (Phi) is 3.29. The summed E-state index contributed by atoms with van der Waals surface area (Å²) in [6.45, 7) is 3.24. The van der Waals surface area contributed by atoms with Gasteiger partial charge in [0, 0.05) is 24.6 Å². The Hall–Kier alpha value is -1.75. The Balaban J connectivity index is 1.80. The Morgan fingerprint density at radius 3 is 2.79 bits per heavy atom. The third kappa shape index (κ3) is 2.66. The number of hydrogen-bond donors (Lipinski definition) is 2. The smallest absolute Gasteiger partial charge is 0.163 e. The number of ether oxygens (including phenoxy) is 2. The van der Waals surface area contributed by atoms with Crippen molar-refractivity contribution in [3.05, 3.63) is 18.0 Å². The summed E-state index contributed by atoms with van der Waals surface area (Å²) in [6, 6.07) is 4.15. The Morgan fingerprint density at radius 2 is 2.05 bits per heavy atom. The molecule has 1 aromatic heterocycles. The Labute approximate surface area is 112 Å². The molecule has 1 unspecified atom stereocenters. The molecule has 0 saturated carbocycles. The molecule has 0 aliphatic carbocycles. The highest BCUT2D eigenvalue weighted by Crippen LogP contribution is 2.33. The van der Waals surface area contributed by atoms with Gasteiger partial charge in [-0.15, -0.1) is 0 Å². The summed E-state index contributed by atoms with van der Waals surface area (Å²) in [5.74, 6) is 2.58. The first-order chi connectivity index (χ1) is 9.22. The summed E-state index contributed by atoms with van der Waals surface area (Å²) in [5, 5.41) is 0. The molecule has 19 heavy (non-hydrogen) atoms. The number of rotatable bonds is 4.